The number of benzene rings is 3. The number of nitriles is 1. The molecule has 10 heteroatoms. The van der Waals surface area contributed by atoms with Crippen molar-refractivity contribution in [3.8, 4) is 29.1 Å². The molecular weight excluding hydrogens is 577 g/mol. The maximum absolute atomic E-state index is 13.3. The zero-order chi connectivity index (χ0) is 32.2. The van der Waals surface area contributed by atoms with Gasteiger partial charge in [-0.2, -0.15) is 5.26 Å². The second-order valence-electron chi connectivity index (χ2n) is 11.3. The molecule has 0 aliphatic carbocycles. The molecule has 0 saturated heterocycles. The Morgan fingerprint density at radius 3 is 2.02 bits per heavy atom. The van der Waals surface area contributed by atoms with Gasteiger partial charge in [0.15, 0.2) is 23.0 Å². The average Bonchev–Trinajstić information content (AvgIpc) is 3.18. The first-order valence-electron chi connectivity index (χ1n) is 14.7. The Hall–Kier alpha value is -4.59. The van der Waals surface area contributed by atoms with Crippen molar-refractivity contribution in [1.82, 2.24) is 9.80 Å². The Bertz CT molecular complexity index is 1620. The predicted molar refractivity (Wildman–Crippen MR) is 167 cm³/mol. The molecule has 0 radical (unpaired) electrons. The van der Waals surface area contributed by atoms with Crippen molar-refractivity contribution in [3.05, 3.63) is 88.2 Å². The van der Waals surface area contributed by atoms with Crippen LogP contribution in [0.4, 0.5) is 4.39 Å². The number of hydrogen-bond acceptors (Lipinski definition) is 9. The Morgan fingerprint density at radius 1 is 0.911 bits per heavy atom. The number of likely N-dealkylation sites (N-methyl/N-ethyl adjacent to an activating group) is 1. The van der Waals surface area contributed by atoms with E-state index in [9.17, 15) is 14.4 Å². The Morgan fingerprint density at radius 2 is 1.47 bits per heavy atom. The van der Waals surface area contributed by atoms with E-state index in [1.54, 1.807) is 46.6 Å². The van der Waals surface area contributed by atoms with Crippen LogP contribution in [-0.2, 0) is 22.4 Å². The predicted octanol–water partition coefficient (Wildman–Crippen LogP) is 5.14. The quantitative estimate of drug-likeness (QED) is 0.240. The molecule has 236 valence electrons. The minimum Gasteiger partial charge on any atom is -0.493 e. The van der Waals surface area contributed by atoms with Gasteiger partial charge in [0.2, 0.25) is 0 Å². The van der Waals surface area contributed by atoms with Crippen molar-refractivity contribution in [2.24, 2.45) is 0 Å². The first-order valence-corrected chi connectivity index (χ1v) is 14.7. The van der Waals surface area contributed by atoms with Crippen molar-refractivity contribution in [3.63, 3.8) is 0 Å². The third-order valence-electron chi connectivity index (χ3n) is 8.65. The Kier molecular flexibility index (Phi) is 9.61. The Labute approximate surface area is 263 Å². The molecule has 2 aliphatic rings. The molecule has 4 atom stereocenters. The van der Waals surface area contributed by atoms with Crippen LogP contribution in [0.2, 0.25) is 0 Å². The highest BCUT2D eigenvalue weighted by Gasteiger charge is 2.47. The molecule has 0 bridgehead atoms. The summed E-state index contributed by atoms with van der Waals surface area (Å²) in [5.74, 6) is 1.46. The van der Waals surface area contributed by atoms with Gasteiger partial charge >= 0.3 is 5.97 Å². The normalized spacial score (nSPS) is 20.8. The summed E-state index contributed by atoms with van der Waals surface area (Å²) in [6, 6.07) is 14.9. The van der Waals surface area contributed by atoms with Gasteiger partial charge in [-0.15, -0.1) is 0 Å². The number of halogens is 1. The van der Waals surface area contributed by atoms with E-state index in [1.807, 2.05) is 38.4 Å². The summed E-state index contributed by atoms with van der Waals surface area (Å²) >= 11 is 0. The summed E-state index contributed by atoms with van der Waals surface area (Å²) in [6.45, 7) is -0.00705. The molecule has 0 fully saturated rings. The van der Waals surface area contributed by atoms with Crippen molar-refractivity contribution >= 4 is 12.0 Å². The van der Waals surface area contributed by atoms with E-state index in [1.165, 1.54) is 18.2 Å². The summed E-state index contributed by atoms with van der Waals surface area (Å²) < 4.78 is 41.8. The molecule has 9 nitrogen and oxygen atoms in total. The van der Waals surface area contributed by atoms with Crippen LogP contribution in [0, 0.1) is 17.1 Å². The second-order valence-corrected chi connectivity index (χ2v) is 11.3. The first-order chi connectivity index (χ1) is 21.7. The number of esters is 1. The van der Waals surface area contributed by atoms with Gasteiger partial charge in [0.25, 0.3) is 0 Å². The molecule has 0 saturated carbocycles. The van der Waals surface area contributed by atoms with E-state index < -0.39 is 18.1 Å². The standard InChI is InChI=1S/C35H38FN3O6/c1-38(2)35-27-18-33(44-6)30(41-3)15-22(27)13-25(19-37)39-28(35)14-23-16-31(42-4)32(43-5)17-26(23)29(39)20-45-34(40)12-9-21-7-10-24(36)11-8-21/h7-12,15-18,25,28-29,35H,13-14,20H2,1-6H3/b12-9+/t25-,28-,29-,35+/m0/s1. The summed E-state index contributed by atoms with van der Waals surface area (Å²) in [7, 11) is 10.4. The van der Waals surface area contributed by atoms with Crippen molar-refractivity contribution in [2.75, 3.05) is 49.1 Å². The van der Waals surface area contributed by atoms with Crippen LogP contribution in [0.3, 0.4) is 0 Å². The van der Waals surface area contributed by atoms with E-state index in [2.05, 4.69) is 15.9 Å². The molecule has 2 aliphatic heterocycles. The molecule has 0 aromatic heterocycles. The number of carbonyl (C=O) groups is 1. The van der Waals surface area contributed by atoms with E-state index in [0.717, 1.165) is 22.3 Å². The molecule has 0 amide bonds. The number of hydrogen-bond donors (Lipinski definition) is 0. The summed E-state index contributed by atoms with van der Waals surface area (Å²) in [5, 5.41) is 10.6. The molecule has 3 aromatic carbocycles. The highest BCUT2D eigenvalue weighted by Crippen LogP contribution is 2.48. The van der Waals surface area contributed by atoms with Crippen molar-refractivity contribution in [2.45, 2.75) is 37.0 Å². The highest BCUT2D eigenvalue weighted by atomic mass is 19.1. The molecule has 0 N–H and O–H groups in total. The van der Waals surface area contributed by atoms with Gasteiger partial charge < -0.3 is 28.6 Å². The minimum absolute atomic E-state index is 0.00705. The van der Waals surface area contributed by atoms with Gasteiger partial charge in [0.05, 0.1) is 46.6 Å². The summed E-state index contributed by atoms with van der Waals surface area (Å²) in [6.07, 6.45) is 3.95. The van der Waals surface area contributed by atoms with Gasteiger partial charge in [-0.3, -0.25) is 4.90 Å². The van der Waals surface area contributed by atoms with Gasteiger partial charge in [0.1, 0.15) is 18.5 Å². The van der Waals surface area contributed by atoms with Gasteiger partial charge in [-0.05, 0) is 90.8 Å². The van der Waals surface area contributed by atoms with E-state index >= 15 is 0 Å². The SMILES string of the molecule is COc1cc2c(cc1OC)[C@@H](N(C)C)[C@@H]1Cc3cc(OC)c(OC)cc3[C@H](COC(=O)/C=C/c3ccc(F)cc3)N1[C@H](C#N)C2. The van der Waals surface area contributed by atoms with Crippen LogP contribution in [-0.4, -0.2) is 77.0 Å². The second kappa shape index (κ2) is 13.6. The fourth-order valence-corrected chi connectivity index (χ4v) is 6.64. The molecule has 2 heterocycles. The van der Waals surface area contributed by atoms with Crippen LogP contribution in [0.15, 0.2) is 54.6 Å². The Balaban J connectivity index is 1.59. The van der Waals surface area contributed by atoms with Gasteiger partial charge in [-0.25, -0.2) is 9.18 Å². The molecular formula is C35H38FN3O6. The van der Waals surface area contributed by atoms with Crippen LogP contribution in [0.25, 0.3) is 6.08 Å². The van der Waals surface area contributed by atoms with Crippen LogP contribution < -0.4 is 18.9 Å². The number of carbonyl (C=O) groups excluding carboxylic acids is 1. The number of rotatable bonds is 9. The molecule has 0 unspecified atom stereocenters. The lowest BCUT2D eigenvalue weighted by atomic mass is 9.82. The molecule has 5 rings (SSSR count). The lowest BCUT2D eigenvalue weighted by Gasteiger charge is -2.48. The highest BCUT2D eigenvalue weighted by molar-refractivity contribution is 5.87. The molecule has 3 aromatic rings. The van der Waals surface area contributed by atoms with Crippen LogP contribution in [0.5, 0.6) is 23.0 Å². The van der Waals surface area contributed by atoms with E-state index in [0.29, 0.717) is 41.4 Å². The smallest absolute Gasteiger partial charge is 0.330 e. The molecule has 0 spiro atoms. The fraction of sp³-hybridized carbons (Fsp3) is 0.371. The fourth-order valence-electron chi connectivity index (χ4n) is 6.64. The number of methoxy groups -OCH3 is 4. The first kappa shape index (κ1) is 31.8. The van der Waals surface area contributed by atoms with Gasteiger partial charge in [-0.1, -0.05) is 12.1 Å². The average molecular weight is 616 g/mol. The molecule has 45 heavy (non-hydrogen) atoms. The number of nitrogens with zero attached hydrogens (tertiary/aromatic N) is 3. The third kappa shape index (κ3) is 6.32. The third-order valence-corrected chi connectivity index (χ3v) is 8.65. The monoisotopic (exact) mass is 615 g/mol. The lowest BCUT2D eigenvalue weighted by molar-refractivity contribution is -0.140. The van der Waals surface area contributed by atoms with Crippen LogP contribution >= 0.6 is 0 Å². The number of ether oxygens (including phenoxy) is 5. The van der Waals surface area contributed by atoms with Gasteiger partial charge in [0, 0.05) is 18.5 Å². The van der Waals surface area contributed by atoms with E-state index in [4.69, 9.17) is 23.7 Å². The minimum atomic E-state index is -0.547. The largest absolute Gasteiger partial charge is 0.493 e. The zero-order valence-corrected chi connectivity index (χ0v) is 26.4. The topological polar surface area (TPSA) is 93.5 Å². The zero-order valence-electron chi connectivity index (χ0n) is 26.4. The van der Waals surface area contributed by atoms with Crippen LogP contribution in [0.1, 0.15) is 39.9 Å². The maximum atomic E-state index is 13.3. The maximum Gasteiger partial charge on any atom is 0.330 e. The lowest BCUT2D eigenvalue weighted by Crippen LogP contribution is -2.54. The summed E-state index contributed by atoms with van der Waals surface area (Å²) in [5.41, 5.74) is 4.63. The van der Waals surface area contributed by atoms with Crippen molar-refractivity contribution < 1.29 is 32.9 Å². The van der Waals surface area contributed by atoms with E-state index in [-0.39, 0.29) is 24.5 Å². The summed E-state index contributed by atoms with van der Waals surface area (Å²) in [4.78, 5) is 17.3. The number of fused-ring (bicyclic) bond motifs is 3. The van der Waals surface area contributed by atoms with Crippen molar-refractivity contribution in [1.29, 1.82) is 5.26 Å².